The zero-order valence-corrected chi connectivity index (χ0v) is 9.92. The van der Waals surface area contributed by atoms with Crippen LogP contribution in [0, 0.1) is 12.3 Å². The lowest BCUT2D eigenvalue weighted by Crippen LogP contribution is -2.33. The number of likely N-dealkylation sites (N-methyl/N-ethyl adjacent to an activating group) is 1. The van der Waals surface area contributed by atoms with Crippen LogP contribution in [0.15, 0.2) is 0 Å². The van der Waals surface area contributed by atoms with Gasteiger partial charge in [0.05, 0.1) is 0 Å². The molecular formula is C12H24N2. The molecule has 0 bridgehead atoms. The lowest BCUT2D eigenvalue weighted by molar-refractivity contribution is 0.239. The molecule has 0 amide bonds. The standard InChI is InChI=1S/C12H24N2/c1-5-7-8-10-14(9-6-2)12-11-13(3)4/h1H,6-12H2,2-4H3. The van der Waals surface area contributed by atoms with E-state index in [1.165, 1.54) is 13.0 Å². The van der Waals surface area contributed by atoms with Crippen molar-refractivity contribution in [1.82, 2.24) is 9.80 Å². The first-order valence-electron chi connectivity index (χ1n) is 5.51. The molecule has 0 unspecified atom stereocenters. The van der Waals surface area contributed by atoms with Gasteiger partial charge in [-0.1, -0.05) is 6.92 Å². The molecule has 0 aliphatic rings. The Labute approximate surface area is 89.3 Å². The van der Waals surface area contributed by atoms with Crippen molar-refractivity contribution in [2.24, 2.45) is 0 Å². The largest absolute Gasteiger partial charge is 0.308 e. The van der Waals surface area contributed by atoms with Crippen LogP contribution in [0.3, 0.4) is 0 Å². The van der Waals surface area contributed by atoms with Crippen molar-refractivity contribution in [2.75, 3.05) is 40.3 Å². The highest BCUT2D eigenvalue weighted by Crippen LogP contribution is 1.96. The molecule has 2 nitrogen and oxygen atoms in total. The predicted octanol–water partition coefficient (Wildman–Crippen LogP) is 1.67. The summed E-state index contributed by atoms with van der Waals surface area (Å²) in [5, 5.41) is 0. The number of unbranched alkanes of at least 4 members (excludes halogenated alkanes) is 1. The second-order valence-electron chi connectivity index (χ2n) is 3.95. The van der Waals surface area contributed by atoms with E-state index < -0.39 is 0 Å². The molecule has 0 radical (unpaired) electrons. The molecule has 0 N–H and O–H groups in total. The van der Waals surface area contributed by atoms with Crippen LogP contribution in [-0.2, 0) is 0 Å². The van der Waals surface area contributed by atoms with Crippen LogP contribution in [0.4, 0.5) is 0 Å². The maximum absolute atomic E-state index is 5.23. The summed E-state index contributed by atoms with van der Waals surface area (Å²) in [7, 11) is 4.23. The van der Waals surface area contributed by atoms with Gasteiger partial charge in [-0.05, 0) is 40.0 Å². The SMILES string of the molecule is C#CCCCN(CCC)CCN(C)C. The summed E-state index contributed by atoms with van der Waals surface area (Å²) < 4.78 is 0. The maximum Gasteiger partial charge on any atom is 0.0109 e. The zero-order valence-electron chi connectivity index (χ0n) is 9.92. The summed E-state index contributed by atoms with van der Waals surface area (Å²) >= 11 is 0. The van der Waals surface area contributed by atoms with Crippen molar-refractivity contribution in [3.05, 3.63) is 0 Å². The van der Waals surface area contributed by atoms with Gasteiger partial charge >= 0.3 is 0 Å². The monoisotopic (exact) mass is 196 g/mol. The predicted molar refractivity (Wildman–Crippen MR) is 63.4 cm³/mol. The van der Waals surface area contributed by atoms with Crippen LogP contribution in [0.25, 0.3) is 0 Å². The lowest BCUT2D eigenvalue weighted by atomic mass is 10.3. The van der Waals surface area contributed by atoms with Gasteiger partial charge in [0.25, 0.3) is 0 Å². The number of hydrogen-bond acceptors (Lipinski definition) is 2. The van der Waals surface area contributed by atoms with E-state index in [2.05, 4.69) is 36.7 Å². The van der Waals surface area contributed by atoms with Crippen molar-refractivity contribution in [2.45, 2.75) is 26.2 Å². The summed E-state index contributed by atoms with van der Waals surface area (Å²) in [4.78, 5) is 4.72. The van der Waals surface area contributed by atoms with Gasteiger partial charge in [0.2, 0.25) is 0 Å². The Bertz CT molecular complexity index is 158. The third kappa shape index (κ3) is 8.10. The van der Waals surface area contributed by atoms with E-state index in [1.54, 1.807) is 0 Å². The summed E-state index contributed by atoms with van der Waals surface area (Å²) in [6.45, 7) is 6.86. The van der Waals surface area contributed by atoms with Crippen molar-refractivity contribution in [1.29, 1.82) is 0 Å². The molecule has 0 heterocycles. The fourth-order valence-corrected chi connectivity index (χ4v) is 1.40. The third-order valence-electron chi connectivity index (χ3n) is 2.20. The van der Waals surface area contributed by atoms with Crippen molar-refractivity contribution >= 4 is 0 Å². The summed E-state index contributed by atoms with van der Waals surface area (Å²) in [6, 6.07) is 0. The van der Waals surface area contributed by atoms with Crippen molar-refractivity contribution < 1.29 is 0 Å². The van der Waals surface area contributed by atoms with Crippen LogP contribution in [-0.4, -0.2) is 50.1 Å². The van der Waals surface area contributed by atoms with Gasteiger partial charge in [0.15, 0.2) is 0 Å². The van der Waals surface area contributed by atoms with Crippen molar-refractivity contribution in [3.8, 4) is 12.3 Å². The van der Waals surface area contributed by atoms with Gasteiger partial charge in [-0.3, -0.25) is 0 Å². The van der Waals surface area contributed by atoms with Crippen LogP contribution in [0.2, 0.25) is 0 Å². The van der Waals surface area contributed by atoms with Crippen LogP contribution in [0.5, 0.6) is 0 Å². The fourth-order valence-electron chi connectivity index (χ4n) is 1.40. The van der Waals surface area contributed by atoms with Crippen LogP contribution < -0.4 is 0 Å². The molecule has 2 heteroatoms. The minimum absolute atomic E-state index is 0.905. The van der Waals surface area contributed by atoms with Crippen molar-refractivity contribution in [3.63, 3.8) is 0 Å². The molecule has 0 aliphatic carbocycles. The van der Waals surface area contributed by atoms with E-state index in [1.807, 2.05) is 0 Å². The minimum atomic E-state index is 0.905. The molecule has 82 valence electrons. The lowest BCUT2D eigenvalue weighted by Gasteiger charge is -2.23. The van der Waals surface area contributed by atoms with E-state index in [9.17, 15) is 0 Å². The third-order valence-corrected chi connectivity index (χ3v) is 2.20. The number of rotatable bonds is 8. The Balaban J connectivity index is 3.61. The number of hydrogen-bond donors (Lipinski definition) is 0. The number of nitrogens with zero attached hydrogens (tertiary/aromatic N) is 2. The first kappa shape index (κ1) is 13.5. The topological polar surface area (TPSA) is 6.48 Å². The highest BCUT2D eigenvalue weighted by molar-refractivity contribution is 4.83. The molecule has 0 fully saturated rings. The molecule has 14 heavy (non-hydrogen) atoms. The quantitative estimate of drug-likeness (QED) is 0.430. The van der Waals surface area contributed by atoms with Crippen LogP contribution >= 0.6 is 0 Å². The highest BCUT2D eigenvalue weighted by Gasteiger charge is 2.02. The molecule has 0 saturated heterocycles. The first-order chi connectivity index (χ1) is 6.70. The van der Waals surface area contributed by atoms with Gasteiger partial charge in [-0.2, -0.15) is 0 Å². The zero-order chi connectivity index (χ0) is 10.8. The Morgan fingerprint density at radius 1 is 1.07 bits per heavy atom. The Hall–Kier alpha value is -0.520. The molecule has 0 aromatic carbocycles. The smallest absolute Gasteiger partial charge is 0.0109 e. The summed E-state index contributed by atoms with van der Waals surface area (Å²) in [5.41, 5.74) is 0. The van der Waals surface area contributed by atoms with Gasteiger partial charge in [-0.15, -0.1) is 12.3 Å². The number of terminal acetylenes is 1. The second kappa shape index (κ2) is 9.05. The van der Waals surface area contributed by atoms with E-state index >= 15 is 0 Å². The van der Waals surface area contributed by atoms with E-state index in [4.69, 9.17) is 6.42 Å². The highest BCUT2D eigenvalue weighted by atomic mass is 15.2. The van der Waals surface area contributed by atoms with Gasteiger partial charge in [-0.25, -0.2) is 0 Å². The maximum atomic E-state index is 5.23. The average Bonchev–Trinajstić information content (AvgIpc) is 2.14. The molecule has 0 atom stereocenters. The van der Waals surface area contributed by atoms with Gasteiger partial charge < -0.3 is 9.80 Å². The molecule has 0 saturated carbocycles. The summed E-state index contributed by atoms with van der Waals surface area (Å²) in [6.07, 6.45) is 8.49. The molecule has 0 aromatic rings. The molecular weight excluding hydrogens is 172 g/mol. The van der Waals surface area contributed by atoms with E-state index in [0.717, 1.165) is 32.5 Å². The first-order valence-corrected chi connectivity index (χ1v) is 5.51. The molecule has 0 rings (SSSR count). The van der Waals surface area contributed by atoms with Gasteiger partial charge in [0, 0.05) is 19.5 Å². The minimum Gasteiger partial charge on any atom is -0.308 e. The normalized spacial score (nSPS) is 10.9. The Kier molecular flexibility index (Phi) is 8.72. The Morgan fingerprint density at radius 2 is 1.79 bits per heavy atom. The molecule has 0 aliphatic heterocycles. The average molecular weight is 196 g/mol. The van der Waals surface area contributed by atoms with E-state index in [-0.39, 0.29) is 0 Å². The fraction of sp³-hybridized carbons (Fsp3) is 0.833. The molecule has 0 aromatic heterocycles. The second-order valence-corrected chi connectivity index (χ2v) is 3.95. The summed E-state index contributed by atoms with van der Waals surface area (Å²) in [5.74, 6) is 2.69. The molecule has 0 spiro atoms. The Morgan fingerprint density at radius 3 is 2.29 bits per heavy atom. The van der Waals surface area contributed by atoms with Crippen LogP contribution in [0.1, 0.15) is 26.2 Å². The van der Waals surface area contributed by atoms with E-state index in [0.29, 0.717) is 0 Å². The van der Waals surface area contributed by atoms with Gasteiger partial charge in [0.1, 0.15) is 0 Å².